The minimum Gasteiger partial charge on any atom is -0.389 e. The smallest absolute Gasteiger partial charge is 0.0900 e. The fourth-order valence-corrected chi connectivity index (χ4v) is 2.80. The first-order chi connectivity index (χ1) is 9.13. The second-order valence-electron chi connectivity index (χ2n) is 6.01. The minimum absolute atomic E-state index is 0.392. The Morgan fingerprint density at radius 2 is 1.84 bits per heavy atom. The number of methoxy groups -OCH3 is 1. The van der Waals surface area contributed by atoms with Gasteiger partial charge in [-0.2, -0.15) is 0 Å². The average Bonchev–Trinajstić information content (AvgIpc) is 2.87. The zero-order valence-corrected chi connectivity index (χ0v) is 12.8. The van der Waals surface area contributed by atoms with Crippen molar-refractivity contribution in [1.82, 2.24) is 4.90 Å². The lowest BCUT2D eigenvalue weighted by molar-refractivity contribution is -0.00790. The molecule has 4 heteroatoms. The second-order valence-corrected chi connectivity index (χ2v) is 6.01. The Morgan fingerprint density at radius 1 is 1.16 bits per heavy atom. The van der Waals surface area contributed by atoms with Gasteiger partial charge in [-0.1, -0.05) is 26.7 Å². The number of aliphatic hydroxyl groups is 1. The first-order valence-electron chi connectivity index (χ1n) is 7.62. The van der Waals surface area contributed by atoms with Gasteiger partial charge in [-0.25, -0.2) is 0 Å². The molecular formula is C15H31NO3. The van der Waals surface area contributed by atoms with Crippen LogP contribution < -0.4 is 0 Å². The Hall–Kier alpha value is -0.160. The van der Waals surface area contributed by atoms with E-state index in [4.69, 9.17) is 9.47 Å². The monoisotopic (exact) mass is 273 g/mol. The van der Waals surface area contributed by atoms with Crippen LogP contribution >= 0.6 is 0 Å². The summed E-state index contributed by atoms with van der Waals surface area (Å²) in [6, 6.07) is 0.663. The molecule has 1 saturated carbocycles. The van der Waals surface area contributed by atoms with Crippen LogP contribution in [0.25, 0.3) is 0 Å². The van der Waals surface area contributed by atoms with E-state index in [0.717, 1.165) is 13.1 Å². The Morgan fingerprint density at radius 3 is 2.42 bits per heavy atom. The molecule has 0 bridgehead atoms. The Bertz CT molecular complexity index is 217. The van der Waals surface area contributed by atoms with Crippen molar-refractivity contribution in [2.45, 2.75) is 51.7 Å². The third-order valence-electron chi connectivity index (χ3n) is 3.63. The maximum absolute atomic E-state index is 10.1. The van der Waals surface area contributed by atoms with E-state index in [1.54, 1.807) is 7.11 Å². The van der Waals surface area contributed by atoms with Crippen LogP contribution in [0.3, 0.4) is 0 Å². The molecule has 0 aromatic rings. The van der Waals surface area contributed by atoms with Crippen molar-refractivity contribution in [3.05, 3.63) is 0 Å². The second kappa shape index (κ2) is 9.70. The summed E-state index contributed by atoms with van der Waals surface area (Å²) in [6.45, 7) is 7.83. The predicted octanol–water partition coefficient (Wildman–Crippen LogP) is 1.91. The Balaban J connectivity index is 2.29. The molecule has 0 heterocycles. The van der Waals surface area contributed by atoms with Gasteiger partial charge >= 0.3 is 0 Å². The molecule has 1 fully saturated rings. The van der Waals surface area contributed by atoms with Crippen molar-refractivity contribution >= 4 is 0 Å². The van der Waals surface area contributed by atoms with E-state index in [-0.39, 0.29) is 0 Å². The van der Waals surface area contributed by atoms with Crippen molar-refractivity contribution in [3.63, 3.8) is 0 Å². The van der Waals surface area contributed by atoms with Gasteiger partial charge in [0.25, 0.3) is 0 Å². The molecule has 0 aromatic heterocycles. The lowest BCUT2D eigenvalue weighted by atomic mass is 10.1. The van der Waals surface area contributed by atoms with Gasteiger partial charge in [-0.3, -0.25) is 4.90 Å². The van der Waals surface area contributed by atoms with Gasteiger partial charge < -0.3 is 14.6 Å². The average molecular weight is 273 g/mol. The Kier molecular flexibility index (Phi) is 8.62. The summed E-state index contributed by atoms with van der Waals surface area (Å²) in [7, 11) is 1.66. The lowest BCUT2D eigenvalue weighted by Gasteiger charge is -2.32. The van der Waals surface area contributed by atoms with Gasteiger partial charge in [0.2, 0.25) is 0 Å². The molecule has 0 saturated heterocycles. The zero-order chi connectivity index (χ0) is 14.1. The maximum atomic E-state index is 10.1. The molecule has 114 valence electrons. The maximum Gasteiger partial charge on any atom is 0.0900 e. The largest absolute Gasteiger partial charge is 0.389 e. The number of hydrogen-bond acceptors (Lipinski definition) is 4. The van der Waals surface area contributed by atoms with Gasteiger partial charge in [0, 0.05) is 26.2 Å². The summed E-state index contributed by atoms with van der Waals surface area (Å²) in [6.07, 6.45) is 4.84. The van der Waals surface area contributed by atoms with Crippen LogP contribution in [0.15, 0.2) is 0 Å². The van der Waals surface area contributed by atoms with Crippen LogP contribution in [0.1, 0.15) is 39.5 Å². The highest BCUT2D eigenvalue weighted by Gasteiger charge is 2.24. The quantitative estimate of drug-likeness (QED) is 0.617. The number of hydrogen-bond donors (Lipinski definition) is 1. The number of ether oxygens (including phenoxy) is 2. The van der Waals surface area contributed by atoms with Crippen molar-refractivity contribution in [3.8, 4) is 0 Å². The third kappa shape index (κ3) is 7.25. The fraction of sp³-hybridized carbons (Fsp3) is 1.00. The summed E-state index contributed by atoms with van der Waals surface area (Å²) in [5, 5.41) is 10.1. The van der Waals surface area contributed by atoms with Crippen LogP contribution in [0, 0.1) is 5.92 Å². The summed E-state index contributed by atoms with van der Waals surface area (Å²) in [5.41, 5.74) is 0. The highest BCUT2D eigenvalue weighted by atomic mass is 16.5. The molecule has 0 aliphatic heterocycles. The van der Waals surface area contributed by atoms with Crippen LogP contribution in [0.2, 0.25) is 0 Å². The predicted molar refractivity (Wildman–Crippen MR) is 77.4 cm³/mol. The first kappa shape index (κ1) is 16.9. The summed E-state index contributed by atoms with van der Waals surface area (Å²) < 4.78 is 10.3. The molecule has 0 radical (unpaired) electrons. The van der Waals surface area contributed by atoms with Crippen LogP contribution in [0.4, 0.5) is 0 Å². The molecule has 1 aliphatic carbocycles. The van der Waals surface area contributed by atoms with Gasteiger partial charge in [-0.15, -0.1) is 0 Å². The van der Waals surface area contributed by atoms with Crippen molar-refractivity contribution in [2.24, 2.45) is 5.92 Å². The van der Waals surface area contributed by atoms with E-state index in [2.05, 4.69) is 18.7 Å². The van der Waals surface area contributed by atoms with Crippen LogP contribution in [-0.2, 0) is 9.47 Å². The first-order valence-corrected chi connectivity index (χ1v) is 7.62. The van der Waals surface area contributed by atoms with Gasteiger partial charge in [0.15, 0.2) is 0 Å². The van der Waals surface area contributed by atoms with Gasteiger partial charge in [0.1, 0.15) is 0 Å². The SMILES string of the molecule is COCCOCC(O)CN(CC(C)C)C1CCCC1. The summed E-state index contributed by atoms with van der Waals surface area (Å²) >= 11 is 0. The number of nitrogens with zero attached hydrogens (tertiary/aromatic N) is 1. The van der Waals surface area contributed by atoms with E-state index in [1.165, 1.54) is 25.7 Å². The van der Waals surface area contributed by atoms with E-state index in [0.29, 0.717) is 31.8 Å². The van der Waals surface area contributed by atoms with E-state index >= 15 is 0 Å². The lowest BCUT2D eigenvalue weighted by Crippen LogP contribution is -2.42. The topological polar surface area (TPSA) is 41.9 Å². The molecule has 1 aliphatic rings. The van der Waals surface area contributed by atoms with Crippen molar-refractivity contribution in [1.29, 1.82) is 0 Å². The summed E-state index contributed by atoms with van der Waals surface area (Å²) in [5.74, 6) is 0.641. The van der Waals surface area contributed by atoms with Crippen molar-refractivity contribution < 1.29 is 14.6 Å². The molecule has 1 N–H and O–H groups in total. The Labute approximate surface area is 118 Å². The molecule has 0 amide bonds. The molecule has 0 aromatic carbocycles. The van der Waals surface area contributed by atoms with Crippen LogP contribution in [-0.4, -0.2) is 62.2 Å². The normalized spacial score (nSPS) is 18.6. The zero-order valence-electron chi connectivity index (χ0n) is 12.8. The van der Waals surface area contributed by atoms with Crippen LogP contribution in [0.5, 0.6) is 0 Å². The molecule has 1 atom stereocenters. The van der Waals surface area contributed by atoms with E-state index in [1.807, 2.05) is 0 Å². The summed E-state index contributed by atoms with van der Waals surface area (Å²) in [4.78, 5) is 2.46. The third-order valence-corrected chi connectivity index (χ3v) is 3.63. The van der Waals surface area contributed by atoms with Gasteiger partial charge in [-0.05, 0) is 18.8 Å². The highest BCUT2D eigenvalue weighted by molar-refractivity contribution is 4.79. The van der Waals surface area contributed by atoms with E-state index in [9.17, 15) is 5.11 Å². The standard InChI is InChI=1S/C15H31NO3/c1-13(2)10-16(14-6-4-5-7-14)11-15(17)12-19-9-8-18-3/h13-15,17H,4-12H2,1-3H3. The number of aliphatic hydroxyl groups excluding tert-OH is 1. The number of rotatable bonds is 10. The molecule has 19 heavy (non-hydrogen) atoms. The highest BCUT2D eigenvalue weighted by Crippen LogP contribution is 2.24. The molecule has 4 nitrogen and oxygen atoms in total. The molecule has 0 spiro atoms. The molecule has 1 rings (SSSR count). The minimum atomic E-state index is -0.392. The van der Waals surface area contributed by atoms with Gasteiger partial charge in [0.05, 0.1) is 25.9 Å². The fourth-order valence-electron chi connectivity index (χ4n) is 2.80. The molecule has 1 unspecified atom stereocenters. The molecular weight excluding hydrogens is 242 g/mol. The van der Waals surface area contributed by atoms with E-state index < -0.39 is 6.10 Å². The van der Waals surface area contributed by atoms with Crippen molar-refractivity contribution in [2.75, 3.05) is 40.0 Å².